The molecule has 0 radical (unpaired) electrons. The monoisotopic (exact) mass is 251 g/mol. The van der Waals surface area contributed by atoms with Gasteiger partial charge in [0.15, 0.2) is 0 Å². The van der Waals surface area contributed by atoms with E-state index in [0.717, 1.165) is 12.3 Å². The highest BCUT2D eigenvalue weighted by Gasteiger charge is 2.13. The molecule has 0 aliphatic heterocycles. The Morgan fingerprint density at radius 3 is 2.53 bits per heavy atom. The van der Waals surface area contributed by atoms with E-state index in [4.69, 9.17) is 11.6 Å². The van der Waals surface area contributed by atoms with Crippen molar-refractivity contribution in [1.29, 1.82) is 0 Å². The largest absolute Gasteiger partial charge is 0.213 e. The zero-order valence-corrected chi connectivity index (χ0v) is 9.86. The number of sulfonamides is 1. The molecule has 1 rings (SSSR count). The maximum Gasteiger partial charge on any atom is 0.209 e. The van der Waals surface area contributed by atoms with Gasteiger partial charge in [-0.05, 0) is 24.6 Å². The molecule has 1 atom stereocenters. The summed E-state index contributed by atoms with van der Waals surface area (Å²) in [7, 11) is -3.30. The molecule has 0 aliphatic carbocycles. The van der Waals surface area contributed by atoms with E-state index < -0.39 is 21.9 Å². The minimum atomic E-state index is -3.30. The molecule has 1 aromatic rings. The van der Waals surface area contributed by atoms with E-state index in [1.54, 1.807) is 6.92 Å². The van der Waals surface area contributed by atoms with Gasteiger partial charge in [0.25, 0.3) is 0 Å². The van der Waals surface area contributed by atoms with Gasteiger partial charge in [-0.3, -0.25) is 0 Å². The van der Waals surface area contributed by atoms with E-state index in [0.29, 0.717) is 5.56 Å². The summed E-state index contributed by atoms with van der Waals surface area (Å²) in [6.45, 7) is 1.64. The fourth-order valence-corrected chi connectivity index (χ4v) is 2.34. The molecular weight excluding hydrogens is 241 g/mol. The van der Waals surface area contributed by atoms with Gasteiger partial charge in [-0.1, -0.05) is 17.7 Å². The van der Waals surface area contributed by atoms with Crippen LogP contribution in [0.1, 0.15) is 18.5 Å². The molecule has 0 bridgehead atoms. The topological polar surface area (TPSA) is 46.2 Å². The lowest BCUT2D eigenvalue weighted by Crippen LogP contribution is -2.25. The molecule has 84 valence electrons. The summed E-state index contributed by atoms with van der Waals surface area (Å²) in [5, 5.41) is 0.207. The number of benzene rings is 1. The van der Waals surface area contributed by atoms with Crippen LogP contribution in [0.5, 0.6) is 0 Å². The fourth-order valence-electron chi connectivity index (χ4n) is 1.24. The molecule has 0 aromatic heterocycles. The highest BCUT2D eigenvalue weighted by atomic mass is 35.5. The lowest BCUT2D eigenvalue weighted by atomic mass is 10.1. The molecule has 0 amide bonds. The Labute approximate surface area is 93.3 Å². The van der Waals surface area contributed by atoms with Crippen molar-refractivity contribution < 1.29 is 12.8 Å². The average Bonchev–Trinajstić information content (AvgIpc) is 1.99. The minimum absolute atomic E-state index is 0.207. The summed E-state index contributed by atoms with van der Waals surface area (Å²) >= 11 is 5.78. The normalized spacial score (nSPS) is 13.9. The highest BCUT2D eigenvalue weighted by molar-refractivity contribution is 7.88. The number of hydrogen-bond donors (Lipinski definition) is 1. The van der Waals surface area contributed by atoms with Gasteiger partial charge >= 0.3 is 0 Å². The van der Waals surface area contributed by atoms with Crippen molar-refractivity contribution in [3.05, 3.63) is 34.6 Å². The van der Waals surface area contributed by atoms with E-state index in [2.05, 4.69) is 4.72 Å². The van der Waals surface area contributed by atoms with E-state index >= 15 is 0 Å². The summed E-state index contributed by atoms with van der Waals surface area (Å²) in [6, 6.07) is 3.37. The smallest absolute Gasteiger partial charge is 0.209 e. The molecule has 0 fully saturated rings. The SMILES string of the molecule is C[C@@H](NS(C)(=O)=O)c1ccc(F)cc1Cl. The molecule has 1 N–H and O–H groups in total. The van der Waals surface area contributed by atoms with Gasteiger partial charge in [-0.25, -0.2) is 17.5 Å². The zero-order valence-electron chi connectivity index (χ0n) is 8.29. The average molecular weight is 252 g/mol. The molecule has 0 saturated heterocycles. The van der Waals surface area contributed by atoms with Gasteiger partial charge in [0.05, 0.1) is 6.26 Å². The summed E-state index contributed by atoms with van der Waals surface area (Å²) in [5.41, 5.74) is 0.545. The Morgan fingerprint density at radius 1 is 1.47 bits per heavy atom. The molecule has 1 aromatic carbocycles. The lowest BCUT2D eigenvalue weighted by Gasteiger charge is -2.13. The summed E-state index contributed by atoms with van der Waals surface area (Å²) < 4.78 is 37.0. The Balaban J connectivity index is 2.97. The van der Waals surface area contributed by atoms with E-state index in [-0.39, 0.29) is 5.02 Å². The van der Waals surface area contributed by atoms with Crippen LogP contribution in [-0.4, -0.2) is 14.7 Å². The van der Waals surface area contributed by atoms with Gasteiger partial charge < -0.3 is 0 Å². The number of nitrogens with one attached hydrogen (secondary N) is 1. The van der Waals surface area contributed by atoms with Crippen molar-refractivity contribution in [2.75, 3.05) is 6.26 Å². The first-order valence-electron chi connectivity index (χ1n) is 4.22. The molecule has 0 unspecified atom stereocenters. The Hall–Kier alpha value is -0.650. The third kappa shape index (κ3) is 3.77. The molecule has 0 heterocycles. The number of rotatable bonds is 3. The van der Waals surface area contributed by atoms with Gasteiger partial charge in [0, 0.05) is 11.1 Å². The molecular formula is C9H11ClFNO2S. The molecule has 0 spiro atoms. The number of halogens is 2. The Morgan fingerprint density at radius 2 is 2.07 bits per heavy atom. The van der Waals surface area contributed by atoms with Gasteiger partial charge in [-0.2, -0.15) is 0 Å². The van der Waals surface area contributed by atoms with Crippen molar-refractivity contribution in [2.45, 2.75) is 13.0 Å². The highest BCUT2D eigenvalue weighted by Crippen LogP contribution is 2.23. The van der Waals surface area contributed by atoms with Crippen LogP contribution in [0.3, 0.4) is 0 Å². The van der Waals surface area contributed by atoms with E-state index in [1.165, 1.54) is 12.1 Å². The second-order valence-electron chi connectivity index (χ2n) is 3.28. The first-order valence-corrected chi connectivity index (χ1v) is 6.49. The molecule has 6 heteroatoms. The summed E-state index contributed by atoms with van der Waals surface area (Å²) in [6.07, 6.45) is 1.06. The molecule has 0 saturated carbocycles. The van der Waals surface area contributed by atoms with Crippen LogP contribution in [0.25, 0.3) is 0 Å². The van der Waals surface area contributed by atoms with Gasteiger partial charge in [0.1, 0.15) is 5.82 Å². The van der Waals surface area contributed by atoms with Crippen molar-refractivity contribution in [2.24, 2.45) is 0 Å². The first kappa shape index (κ1) is 12.4. The number of hydrogen-bond acceptors (Lipinski definition) is 2. The van der Waals surface area contributed by atoms with E-state index in [9.17, 15) is 12.8 Å². The van der Waals surface area contributed by atoms with Crippen molar-refractivity contribution in [3.63, 3.8) is 0 Å². The maximum absolute atomic E-state index is 12.7. The second kappa shape index (κ2) is 4.47. The third-order valence-corrected chi connectivity index (χ3v) is 2.93. The summed E-state index contributed by atoms with van der Waals surface area (Å²) in [5.74, 6) is -0.449. The van der Waals surface area contributed by atoms with Crippen LogP contribution in [0.15, 0.2) is 18.2 Å². The molecule has 0 aliphatic rings. The predicted molar refractivity (Wildman–Crippen MR) is 57.8 cm³/mol. The second-order valence-corrected chi connectivity index (χ2v) is 5.46. The quantitative estimate of drug-likeness (QED) is 0.894. The van der Waals surface area contributed by atoms with Crippen molar-refractivity contribution >= 4 is 21.6 Å². The van der Waals surface area contributed by atoms with Crippen LogP contribution in [0.4, 0.5) is 4.39 Å². The third-order valence-electron chi connectivity index (χ3n) is 1.82. The predicted octanol–water partition coefficient (Wildman–Crippen LogP) is 2.09. The van der Waals surface area contributed by atoms with Crippen molar-refractivity contribution in [1.82, 2.24) is 4.72 Å². The van der Waals surface area contributed by atoms with Gasteiger partial charge in [0.2, 0.25) is 10.0 Å². The Bertz CT molecular complexity index is 461. The minimum Gasteiger partial charge on any atom is -0.213 e. The lowest BCUT2D eigenvalue weighted by molar-refractivity contribution is 0.572. The fraction of sp³-hybridized carbons (Fsp3) is 0.333. The van der Waals surface area contributed by atoms with Crippen LogP contribution in [0.2, 0.25) is 5.02 Å². The molecule has 15 heavy (non-hydrogen) atoms. The van der Waals surface area contributed by atoms with Crippen LogP contribution < -0.4 is 4.72 Å². The summed E-state index contributed by atoms with van der Waals surface area (Å²) in [4.78, 5) is 0. The zero-order chi connectivity index (χ0) is 11.6. The van der Waals surface area contributed by atoms with Crippen LogP contribution in [-0.2, 0) is 10.0 Å². The molecule has 3 nitrogen and oxygen atoms in total. The van der Waals surface area contributed by atoms with Gasteiger partial charge in [-0.15, -0.1) is 0 Å². The van der Waals surface area contributed by atoms with E-state index in [1.807, 2.05) is 0 Å². The standard InChI is InChI=1S/C9H11ClFNO2S/c1-6(12-15(2,13)14)8-4-3-7(11)5-9(8)10/h3-6,12H,1-2H3/t6-/m1/s1. The first-order chi connectivity index (χ1) is 6.79. The van der Waals surface area contributed by atoms with Crippen LogP contribution in [0, 0.1) is 5.82 Å². The van der Waals surface area contributed by atoms with Crippen molar-refractivity contribution in [3.8, 4) is 0 Å². The maximum atomic E-state index is 12.7. The van der Waals surface area contributed by atoms with Crippen LogP contribution >= 0.6 is 11.6 Å². The Kier molecular flexibility index (Phi) is 3.70.